The van der Waals surface area contributed by atoms with Crippen LogP contribution in [0.1, 0.15) is 44.6 Å². The van der Waals surface area contributed by atoms with E-state index in [2.05, 4.69) is 16.0 Å². The first-order valence-corrected chi connectivity index (χ1v) is 9.40. The molecule has 0 aromatic heterocycles. The average molecular weight is 357 g/mol. The third kappa shape index (κ3) is 4.23. The minimum atomic E-state index is -0.680. The molecule has 1 aromatic carbocycles. The molecule has 26 heavy (non-hydrogen) atoms. The van der Waals surface area contributed by atoms with Gasteiger partial charge in [0.15, 0.2) is 0 Å². The molecule has 6 nitrogen and oxygen atoms in total. The van der Waals surface area contributed by atoms with Crippen LogP contribution in [0.25, 0.3) is 0 Å². The van der Waals surface area contributed by atoms with Gasteiger partial charge in [0.25, 0.3) is 0 Å². The smallest absolute Gasteiger partial charge is 0.313 e. The first-order valence-electron chi connectivity index (χ1n) is 9.40. The quantitative estimate of drug-likeness (QED) is 0.708. The van der Waals surface area contributed by atoms with E-state index in [1.54, 1.807) is 25.1 Å². The van der Waals surface area contributed by atoms with Crippen molar-refractivity contribution in [2.75, 3.05) is 17.2 Å². The molecule has 0 saturated heterocycles. The second-order valence-electron chi connectivity index (χ2n) is 7.59. The normalized spacial score (nSPS) is 23.5. The summed E-state index contributed by atoms with van der Waals surface area (Å²) in [6, 6.07) is 5.18. The number of hydrogen-bond donors (Lipinski definition) is 3. The standard InChI is InChI=1S/C20H27N3O3/c1-12-17(22-13(2)24)4-3-5-18(12)23-20(26)19(25)21-9-8-16-11-14-6-7-15(16)10-14/h3-5,14-16H,6-11H2,1-2H3,(H,21,25)(H,22,24)(H,23,26). The van der Waals surface area contributed by atoms with Gasteiger partial charge in [-0.05, 0) is 68.1 Å². The summed E-state index contributed by atoms with van der Waals surface area (Å²) in [6.07, 6.45) is 6.28. The Morgan fingerprint density at radius 2 is 1.77 bits per heavy atom. The van der Waals surface area contributed by atoms with Gasteiger partial charge in [0.2, 0.25) is 5.91 Å². The molecule has 3 N–H and O–H groups in total. The number of rotatable bonds is 5. The van der Waals surface area contributed by atoms with E-state index in [0.717, 1.165) is 18.3 Å². The largest absolute Gasteiger partial charge is 0.348 e. The van der Waals surface area contributed by atoms with Gasteiger partial charge >= 0.3 is 11.8 Å². The fourth-order valence-corrected chi connectivity index (χ4v) is 4.46. The van der Waals surface area contributed by atoms with Crippen molar-refractivity contribution in [3.63, 3.8) is 0 Å². The molecule has 0 radical (unpaired) electrons. The summed E-state index contributed by atoms with van der Waals surface area (Å²) in [5, 5.41) is 8.07. The van der Waals surface area contributed by atoms with Gasteiger partial charge in [0.1, 0.15) is 0 Å². The van der Waals surface area contributed by atoms with E-state index < -0.39 is 11.8 Å². The lowest BCUT2D eigenvalue weighted by Gasteiger charge is -2.21. The molecule has 3 amide bonds. The van der Waals surface area contributed by atoms with Gasteiger partial charge in [-0.1, -0.05) is 12.5 Å². The highest BCUT2D eigenvalue weighted by atomic mass is 16.2. The second-order valence-corrected chi connectivity index (χ2v) is 7.59. The maximum atomic E-state index is 12.1. The molecule has 2 bridgehead atoms. The molecule has 2 fully saturated rings. The fraction of sp³-hybridized carbons (Fsp3) is 0.550. The molecule has 6 heteroatoms. The van der Waals surface area contributed by atoms with Crippen LogP contribution in [0.3, 0.4) is 0 Å². The summed E-state index contributed by atoms with van der Waals surface area (Å²) in [5.41, 5.74) is 1.85. The number of amides is 3. The highest BCUT2D eigenvalue weighted by Gasteiger charge is 2.38. The number of nitrogens with one attached hydrogen (secondary N) is 3. The van der Waals surface area contributed by atoms with Crippen molar-refractivity contribution < 1.29 is 14.4 Å². The molecule has 3 atom stereocenters. The van der Waals surface area contributed by atoms with Gasteiger partial charge < -0.3 is 16.0 Å². The van der Waals surface area contributed by atoms with Crippen molar-refractivity contribution in [3.05, 3.63) is 23.8 Å². The van der Waals surface area contributed by atoms with E-state index in [1.165, 1.54) is 32.6 Å². The number of carbonyl (C=O) groups excluding carboxylic acids is 3. The maximum absolute atomic E-state index is 12.1. The first-order chi connectivity index (χ1) is 12.4. The Balaban J connectivity index is 1.48. The van der Waals surface area contributed by atoms with E-state index in [0.29, 0.717) is 29.4 Å². The molecule has 0 aliphatic heterocycles. The lowest BCUT2D eigenvalue weighted by molar-refractivity contribution is -0.136. The lowest BCUT2D eigenvalue weighted by Crippen LogP contribution is -2.36. The Morgan fingerprint density at radius 3 is 2.38 bits per heavy atom. The van der Waals surface area contributed by atoms with Crippen molar-refractivity contribution >= 4 is 29.1 Å². The summed E-state index contributed by atoms with van der Waals surface area (Å²) in [7, 11) is 0. The van der Waals surface area contributed by atoms with E-state index >= 15 is 0 Å². The van der Waals surface area contributed by atoms with Crippen molar-refractivity contribution in [1.29, 1.82) is 0 Å². The summed E-state index contributed by atoms with van der Waals surface area (Å²) in [5.74, 6) is 0.940. The molecule has 140 valence electrons. The third-order valence-corrected chi connectivity index (χ3v) is 5.78. The first kappa shape index (κ1) is 18.4. The Hall–Kier alpha value is -2.37. The summed E-state index contributed by atoms with van der Waals surface area (Å²) in [4.78, 5) is 35.4. The Kier molecular flexibility index (Phi) is 5.59. The fourth-order valence-electron chi connectivity index (χ4n) is 4.46. The third-order valence-electron chi connectivity index (χ3n) is 5.78. The molecule has 2 aliphatic carbocycles. The molecule has 3 unspecified atom stereocenters. The molecule has 1 aromatic rings. The summed E-state index contributed by atoms with van der Waals surface area (Å²) < 4.78 is 0. The molecule has 0 heterocycles. The van der Waals surface area contributed by atoms with Crippen LogP contribution in [-0.4, -0.2) is 24.3 Å². The van der Waals surface area contributed by atoms with Crippen LogP contribution in [0.2, 0.25) is 0 Å². The monoisotopic (exact) mass is 357 g/mol. The average Bonchev–Trinajstić information content (AvgIpc) is 3.21. The van der Waals surface area contributed by atoms with Crippen LogP contribution in [0, 0.1) is 24.7 Å². The zero-order chi connectivity index (χ0) is 18.7. The summed E-state index contributed by atoms with van der Waals surface area (Å²) in [6.45, 7) is 3.76. The molecule has 2 saturated carbocycles. The number of carbonyl (C=O) groups is 3. The van der Waals surface area contributed by atoms with Crippen molar-refractivity contribution in [1.82, 2.24) is 5.32 Å². The van der Waals surface area contributed by atoms with Crippen LogP contribution in [0.4, 0.5) is 11.4 Å². The lowest BCUT2D eigenvalue weighted by atomic mass is 9.86. The number of hydrogen-bond acceptors (Lipinski definition) is 3. The van der Waals surface area contributed by atoms with Gasteiger partial charge in [0.05, 0.1) is 0 Å². The van der Waals surface area contributed by atoms with E-state index in [-0.39, 0.29) is 5.91 Å². The van der Waals surface area contributed by atoms with Crippen LogP contribution in [0.5, 0.6) is 0 Å². The highest BCUT2D eigenvalue weighted by molar-refractivity contribution is 6.39. The van der Waals surface area contributed by atoms with Gasteiger partial charge in [-0.25, -0.2) is 0 Å². The number of benzene rings is 1. The molecule has 2 aliphatic rings. The zero-order valence-corrected chi connectivity index (χ0v) is 15.4. The van der Waals surface area contributed by atoms with E-state index in [9.17, 15) is 14.4 Å². The molecular formula is C20H27N3O3. The van der Waals surface area contributed by atoms with Gasteiger partial charge in [0, 0.05) is 24.8 Å². The number of fused-ring (bicyclic) bond motifs is 2. The Bertz CT molecular complexity index is 716. The zero-order valence-electron chi connectivity index (χ0n) is 15.4. The summed E-state index contributed by atoms with van der Waals surface area (Å²) >= 11 is 0. The topological polar surface area (TPSA) is 87.3 Å². The van der Waals surface area contributed by atoms with Crippen molar-refractivity contribution in [3.8, 4) is 0 Å². The predicted molar refractivity (Wildman–Crippen MR) is 101 cm³/mol. The molecule has 0 spiro atoms. The SMILES string of the molecule is CC(=O)Nc1cccc(NC(=O)C(=O)NCCC2CC3CCC2C3)c1C. The Morgan fingerprint density at radius 1 is 1.04 bits per heavy atom. The van der Waals surface area contributed by atoms with Crippen LogP contribution in [0.15, 0.2) is 18.2 Å². The second kappa shape index (κ2) is 7.89. The minimum Gasteiger partial charge on any atom is -0.348 e. The van der Waals surface area contributed by atoms with Gasteiger partial charge in [-0.2, -0.15) is 0 Å². The van der Waals surface area contributed by atoms with Crippen LogP contribution >= 0.6 is 0 Å². The van der Waals surface area contributed by atoms with Crippen molar-refractivity contribution in [2.45, 2.75) is 46.0 Å². The van der Waals surface area contributed by atoms with Gasteiger partial charge in [-0.15, -0.1) is 0 Å². The van der Waals surface area contributed by atoms with E-state index in [1.807, 2.05) is 0 Å². The Labute approximate surface area is 154 Å². The minimum absolute atomic E-state index is 0.185. The van der Waals surface area contributed by atoms with Crippen LogP contribution < -0.4 is 16.0 Å². The molecule has 3 rings (SSSR count). The van der Waals surface area contributed by atoms with E-state index in [4.69, 9.17) is 0 Å². The molecular weight excluding hydrogens is 330 g/mol. The number of anilines is 2. The predicted octanol–water partition coefficient (Wildman–Crippen LogP) is 2.83. The van der Waals surface area contributed by atoms with Crippen LogP contribution in [-0.2, 0) is 14.4 Å². The maximum Gasteiger partial charge on any atom is 0.313 e. The van der Waals surface area contributed by atoms with Crippen molar-refractivity contribution in [2.24, 2.45) is 17.8 Å². The van der Waals surface area contributed by atoms with Gasteiger partial charge in [-0.3, -0.25) is 14.4 Å². The highest BCUT2D eigenvalue weighted by Crippen LogP contribution is 2.49.